The topological polar surface area (TPSA) is 99.7 Å². The van der Waals surface area contributed by atoms with Gasteiger partial charge in [0.2, 0.25) is 0 Å². The number of carbonyl (C=O) groups is 2. The Morgan fingerprint density at radius 1 is 1.52 bits per heavy atom. The lowest BCUT2D eigenvalue weighted by atomic mass is 10.1. The van der Waals surface area contributed by atoms with Gasteiger partial charge in [-0.1, -0.05) is 6.07 Å². The highest BCUT2D eigenvalue weighted by Gasteiger charge is 2.18. The van der Waals surface area contributed by atoms with Crippen LogP contribution in [0.15, 0.2) is 18.2 Å². The zero-order valence-corrected chi connectivity index (χ0v) is 11.8. The van der Waals surface area contributed by atoms with E-state index in [4.69, 9.17) is 9.84 Å². The number of anilines is 1. The van der Waals surface area contributed by atoms with E-state index in [2.05, 4.69) is 16.0 Å². The van der Waals surface area contributed by atoms with Crippen molar-refractivity contribution in [3.63, 3.8) is 0 Å². The predicted molar refractivity (Wildman–Crippen MR) is 77.2 cm³/mol. The molecule has 114 valence electrons. The highest BCUT2D eigenvalue weighted by Crippen LogP contribution is 2.30. The van der Waals surface area contributed by atoms with Crippen LogP contribution in [0.2, 0.25) is 0 Å². The number of fused-ring (bicyclic) bond motifs is 1. The van der Waals surface area contributed by atoms with E-state index in [0.29, 0.717) is 24.4 Å². The predicted octanol–water partition coefficient (Wildman–Crippen LogP) is 0.760. The van der Waals surface area contributed by atoms with Crippen molar-refractivity contribution in [2.75, 3.05) is 25.1 Å². The summed E-state index contributed by atoms with van der Waals surface area (Å²) in [7, 11) is 0. The molecule has 7 nitrogen and oxygen atoms in total. The summed E-state index contributed by atoms with van der Waals surface area (Å²) >= 11 is 0. The fourth-order valence-corrected chi connectivity index (χ4v) is 1.98. The zero-order chi connectivity index (χ0) is 15.2. The Morgan fingerprint density at radius 3 is 3.10 bits per heavy atom. The Kier molecular flexibility index (Phi) is 4.99. The second kappa shape index (κ2) is 6.94. The minimum Gasteiger partial charge on any atom is -0.482 e. The van der Waals surface area contributed by atoms with Crippen molar-refractivity contribution in [2.45, 2.75) is 19.4 Å². The summed E-state index contributed by atoms with van der Waals surface area (Å²) in [6.45, 7) is 2.33. The SMILES string of the molecule is C[C@H](NC(=O)NCCCO)c1ccc2c(c1)NC(=O)CO2. The highest BCUT2D eigenvalue weighted by molar-refractivity contribution is 5.95. The first-order chi connectivity index (χ1) is 10.1. The quantitative estimate of drug-likeness (QED) is 0.602. The molecular weight excluding hydrogens is 274 g/mol. The van der Waals surface area contributed by atoms with Crippen molar-refractivity contribution < 1.29 is 19.4 Å². The van der Waals surface area contributed by atoms with Crippen LogP contribution >= 0.6 is 0 Å². The maximum Gasteiger partial charge on any atom is 0.315 e. The number of nitrogens with one attached hydrogen (secondary N) is 3. The lowest BCUT2D eigenvalue weighted by Gasteiger charge is -2.21. The maximum absolute atomic E-state index is 11.6. The van der Waals surface area contributed by atoms with E-state index >= 15 is 0 Å². The Bertz CT molecular complexity index is 533. The minimum absolute atomic E-state index is 0.0212. The molecule has 0 unspecified atom stereocenters. The van der Waals surface area contributed by atoms with E-state index in [0.717, 1.165) is 5.56 Å². The average Bonchev–Trinajstić information content (AvgIpc) is 2.46. The molecule has 3 amide bonds. The molecule has 1 heterocycles. The number of ether oxygens (including phenoxy) is 1. The van der Waals surface area contributed by atoms with E-state index in [-0.39, 0.29) is 31.2 Å². The number of hydrogen-bond acceptors (Lipinski definition) is 4. The number of rotatable bonds is 5. The smallest absolute Gasteiger partial charge is 0.315 e. The van der Waals surface area contributed by atoms with Crippen LogP contribution in [0.1, 0.15) is 24.9 Å². The number of carbonyl (C=O) groups excluding carboxylic acids is 2. The van der Waals surface area contributed by atoms with Crippen molar-refractivity contribution in [1.29, 1.82) is 0 Å². The highest BCUT2D eigenvalue weighted by atomic mass is 16.5. The van der Waals surface area contributed by atoms with Gasteiger partial charge in [0, 0.05) is 13.2 Å². The molecule has 0 spiro atoms. The van der Waals surface area contributed by atoms with Gasteiger partial charge in [0.1, 0.15) is 5.75 Å². The average molecular weight is 293 g/mol. The Balaban J connectivity index is 1.96. The third kappa shape index (κ3) is 4.09. The summed E-state index contributed by atoms with van der Waals surface area (Å²) in [5, 5.41) is 16.8. The van der Waals surface area contributed by atoms with Crippen LogP contribution < -0.4 is 20.7 Å². The van der Waals surface area contributed by atoms with Gasteiger partial charge in [-0.2, -0.15) is 0 Å². The zero-order valence-electron chi connectivity index (χ0n) is 11.8. The van der Waals surface area contributed by atoms with Gasteiger partial charge < -0.3 is 25.8 Å². The molecule has 4 N–H and O–H groups in total. The number of benzene rings is 1. The van der Waals surface area contributed by atoms with Gasteiger partial charge in [-0.15, -0.1) is 0 Å². The first-order valence-electron chi connectivity index (χ1n) is 6.82. The van der Waals surface area contributed by atoms with Crippen LogP contribution in [0.3, 0.4) is 0 Å². The second-order valence-electron chi connectivity index (χ2n) is 4.79. The molecule has 0 aliphatic carbocycles. The van der Waals surface area contributed by atoms with Gasteiger partial charge >= 0.3 is 6.03 Å². The summed E-state index contributed by atoms with van der Waals surface area (Å²) in [4.78, 5) is 22.9. The van der Waals surface area contributed by atoms with Crippen molar-refractivity contribution in [3.05, 3.63) is 23.8 Å². The lowest BCUT2D eigenvalue weighted by molar-refractivity contribution is -0.118. The molecule has 0 aromatic heterocycles. The van der Waals surface area contributed by atoms with E-state index in [9.17, 15) is 9.59 Å². The van der Waals surface area contributed by atoms with Crippen LogP contribution in [-0.2, 0) is 4.79 Å². The first kappa shape index (κ1) is 15.1. The van der Waals surface area contributed by atoms with Crippen LogP contribution in [0.5, 0.6) is 5.75 Å². The summed E-state index contributed by atoms with van der Waals surface area (Å²) in [5.74, 6) is 0.431. The van der Waals surface area contributed by atoms with E-state index < -0.39 is 0 Å². The van der Waals surface area contributed by atoms with Gasteiger partial charge in [0.15, 0.2) is 6.61 Å². The Morgan fingerprint density at radius 2 is 2.33 bits per heavy atom. The van der Waals surface area contributed by atoms with Crippen LogP contribution in [0.25, 0.3) is 0 Å². The van der Waals surface area contributed by atoms with Gasteiger partial charge in [0.25, 0.3) is 5.91 Å². The number of amides is 3. The Labute approximate surface area is 122 Å². The third-order valence-corrected chi connectivity index (χ3v) is 3.10. The Hall–Kier alpha value is -2.28. The van der Waals surface area contributed by atoms with Crippen molar-refractivity contribution in [1.82, 2.24) is 10.6 Å². The molecular formula is C14H19N3O4. The van der Waals surface area contributed by atoms with Crippen LogP contribution in [0.4, 0.5) is 10.5 Å². The molecule has 1 aliphatic heterocycles. The molecule has 2 rings (SSSR count). The van der Waals surface area contributed by atoms with Gasteiger partial charge in [0.05, 0.1) is 11.7 Å². The molecule has 0 bridgehead atoms. The molecule has 1 aromatic rings. The fourth-order valence-electron chi connectivity index (χ4n) is 1.98. The molecule has 0 saturated heterocycles. The minimum atomic E-state index is -0.297. The van der Waals surface area contributed by atoms with Gasteiger partial charge in [-0.25, -0.2) is 4.79 Å². The molecule has 1 aliphatic rings. The molecule has 1 aromatic carbocycles. The summed E-state index contributed by atoms with van der Waals surface area (Å²) in [5.41, 5.74) is 1.47. The van der Waals surface area contributed by atoms with Crippen molar-refractivity contribution in [2.24, 2.45) is 0 Å². The largest absolute Gasteiger partial charge is 0.482 e. The molecule has 0 saturated carbocycles. The number of aliphatic hydroxyl groups is 1. The second-order valence-corrected chi connectivity index (χ2v) is 4.79. The van der Waals surface area contributed by atoms with Crippen molar-refractivity contribution in [3.8, 4) is 5.75 Å². The summed E-state index contributed by atoms with van der Waals surface area (Å²) in [6.07, 6.45) is 0.518. The van der Waals surface area contributed by atoms with Crippen LogP contribution in [-0.4, -0.2) is 36.8 Å². The molecule has 21 heavy (non-hydrogen) atoms. The molecule has 1 atom stereocenters. The standard InChI is InChI=1S/C14H19N3O4/c1-9(16-14(20)15-5-2-6-18)10-3-4-12-11(7-10)17-13(19)8-21-12/h3-4,7,9,18H,2,5-6,8H2,1H3,(H,17,19)(H2,15,16,20)/t9-/m0/s1. The summed E-state index contributed by atoms with van der Waals surface area (Å²) < 4.78 is 5.28. The van der Waals surface area contributed by atoms with Gasteiger partial charge in [-0.3, -0.25) is 4.79 Å². The monoisotopic (exact) mass is 293 g/mol. The number of aliphatic hydroxyl groups excluding tert-OH is 1. The first-order valence-corrected chi connectivity index (χ1v) is 6.82. The molecule has 0 radical (unpaired) electrons. The maximum atomic E-state index is 11.6. The van der Waals surface area contributed by atoms with Gasteiger partial charge in [-0.05, 0) is 31.0 Å². The van der Waals surface area contributed by atoms with Crippen molar-refractivity contribution >= 4 is 17.6 Å². The van der Waals surface area contributed by atoms with Crippen LogP contribution in [0, 0.1) is 0 Å². The van der Waals surface area contributed by atoms with E-state index in [1.807, 2.05) is 13.0 Å². The number of hydrogen-bond donors (Lipinski definition) is 4. The van der Waals surface area contributed by atoms with E-state index in [1.165, 1.54) is 0 Å². The third-order valence-electron chi connectivity index (χ3n) is 3.10. The lowest BCUT2D eigenvalue weighted by Crippen LogP contribution is -2.37. The summed E-state index contributed by atoms with van der Waals surface area (Å²) in [6, 6.07) is 4.88. The molecule has 0 fully saturated rings. The number of urea groups is 1. The fraction of sp³-hybridized carbons (Fsp3) is 0.429. The van der Waals surface area contributed by atoms with E-state index in [1.54, 1.807) is 12.1 Å². The normalized spacial score (nSPS) is 14.5. The molecule has 7 heteroatoms.